The van der Waals surface area contributed by atoms with E-state index in [1.165, 1.54) is 77.0 Å². The van der Waals surface area contributed by atoms with Crippen LogP contribution in [0.25, 0.3) is 10.8 Å². The Morgan fingerprint density at radius 2 is 1.32 bits per heavy atom. The van der Waals surface area contributed by atoms with Crippen LogP contribution in [-0.2, 0) is 12.8 Å². The second-order valence-corrected chi connectivity index (χ2v) is 11.6. The highest BCUT2D eigenvalue weighted by Crippen LogP contribution is 2.43. The molecule has 0 heterocycles. The van der Waals surface area contributed by atoms with Gasteiger partial charge in [0.15, 0.2) is 11.6 Å². The van der Waals surface area contributed by atoms with Crippen molar-refractivity contribution < 1.29 is 8.78 Å². The maximum atomic E-state index is 15.0. The third-order valence-corrected chi connectivity index (χ3v) is 9.20. The molecule has 0 amide bonds. The molecule has 0 bridgehead atoms. The van der Waals surface area contributed by atoms with Crippen LogP contribution < -0.4 is 0 Å². The molecule has 188 valence electrons. The molecule has 0 unspecified atom stereocenters. The third kappa shape index (κ3) is 6.41. The molecule has 2 aliphatic carbocycles. The second kappa shape index (κ2) is 12.5. The monoisotopic (exact) mass is 468 g/mol. The van der Waals surface area contributed by atoms with Gasteiger partial charge >= 0.3 is 0 Å². The first-order valence-corrected chi connectivity index (χ1v) is 14.5. The second-order valence-electron chi connectivity index (χ2n) is 11.6. The third-order valence-electron chi connectivity index (χ3n) is 9.20. The van der Waals surface area contributed by atoms with Gasteiger partial charge in [0.05, 0.1) is 0 Å². The van der Waals surface area contributed by atoms with Crippen molar-refractivity contribution in [2.75, 3.05) is 0 Å². The van der Waals surface area contributed by atoms with Gasteiger partial charge in [0.25, 0.3) is 0 Å². The van der Waals surface area contributed by atoms with Crippen LogP contribution in [0.4, 0.5) is 8.78 Å². The zero-order chi connectivity index (χ0) is 23.9. The van der Waals surface area contributed by atoms with Crippen molar-refractivity contribution in [1.29, 1.82) is 0 Å². The van der Waals surface area contributed by atoms with E-state index in [-0.39, 0.29) is 0 Å². The van der Waals surface area contributed by atoms with Gasteiger partial charge in [-0.15, -0.1) is 0 Å². The molecular weight excluding hydrogens is 422 g/mol. The van der Waals surface area contributed by atoms with Crippen LogP contribution in [0, 0.1) is 35.3 Å². The largest absolute Gasteiger partial charge is 0.203 e. The van der Waals surface area contributed by atoms with E-state index in [9.17, 15) is 8.78 Å². The Kier molecular flexibility index (Phi) is 9.43. The summed E-state index contributed by atoms with van der Waals surface area (Å²) in [6.45, 7) is 4.50. The van der Waals surface area contributed by atoms with Gasteiger partial charge in [0, 0.05) is 5.39 Å². The summed E-state index contributed by atoms with van der Waals surface area (Å²) in [5.74, 6) is 2.27. The minimum atomic E-state index is -0.646. The van der Waals surface area contributed by atoms with Crippen molar-refractivity contribution >= 4 is 10.8 Å². The zero-order valence-electron chi connectivity index (χ0n) is 21.7. The van der Waals surface area contributed by atoms with E-state index in [0.29, 0.717) is 23.3 Å². The van der Waals surface area contributed by atoms with Gasteiger partial charge in [0.2, 0.25) is 0 Å². The van der Waals surface area contributed by atoms with E-state index in [4.69, 9.17) is 0 Å². The maximum absolute atomic E-state index is 15.0. The van der Waals surface area contributed by atoms with Gasteiger partial charge < -0.3 is 0 Å². The fourth-order valence-corrected chi connectivity index (χ4v) is 7.01. The quantitative estimate of drug-likeness (QED) is 0.304. The molecule has 2 saturated carbocycles. The Morgan fingerprint density at radius 1 is 0.676 bits per heavy atom. The Hall–Kier alpha value is -1.44. The van der Waals surface area contributed by atoms with Gasteiger partial charge in [-0.1, -0.05) is 77.3 Å². The molecule has 0 aliphatic heterocycles. The highest BCUT2D eigenvalue weighted by molar-refractivity contribution is 5.84. The molecule has 0 saturated heterocycles. The van der Waals surface area contributed by atoms with Gasteiger partial charge in [-0.25, -0.2) is 8.78 Å². The van der Waals surface area contributed by atoms with Crippen LogP contribution in [0.5, 0.6) is 0 Å². The maximum Gasteiger partial charge on any atom is 0.166 e. The van der Waals surface area contributed by atoms with Crippen molar-refractivity contribution in [3.8, 4) is 0 Å². The molecule has 4 rings (SSSR count). The van der Waals surface area contributed by atoms with Crippen molar-refractivity contribution in [2.24, 2.45) is 23.7 Å². The van der Waals surface area contributed by atoms with E-state index in [1.807, 2.05) is 18.2 Å². The average molecular weight is 469 g/mol. The Morgan fingerprint density at radius 3 is 1.94 bits per heavy atom. The van der Waals surface area contributed by atoms with Crippen molar-refractivity contribution in [1.82, 2.24) is 0 Å². The van der Waals surface area contributed by atoms with Crippen LogP contribution in [-0.4, -0.2) is 0 Å². The smallest absolute Gasteiger partial charge is 0.166 e. The molecule has 2 heteroatoms. The predicted molar refractivity (Wildman–Crippen MR) is 141 cm³/mol. The number of benzene rings is 2. The standard InChI is InChI=1S/C32H46F2/c1-3-5-6-8-25-14-19-28-22-29(31(33)32(34)30(28)21-25)20-13-24-11-17-27(18-12-24)26-15-9-23(7-4-2)10-16-26/h14,19,21-24,26-27H,3-13,15-18,20H2,1-2H3. The van der Waals surface area contributed by atoms with E-state index in [2.05, 4.69) is 19.9 Å². The summed E-state index contributed by atoms with van der Waals surface area (Å²) < 4.78 is 29.9. The molecule has 0 aromatic heterocycles. The van der Waals surface area contributed by atoms with Crippen LogP contribution in [0.3, 0.4) is 0 Å². The Labute approximate surface area is 206 Å². The molecule has 0 radical (unpaired) electrons. The summed E-state index contributed by atoms with van der Waals surface area (Å²) in [7, 11) is 0. The average Bonchev–Trinajstić information content (AvgIpc) is 2.87. The molecule has 34 heavy (non-hydrogen) atoms. The fourth-order valence-electron chi connectivity index (χ4n) is 7.01. The van der Waals surface area contributed by atoms with E-state index in [1.54, 1.807) is 0 Å². The molecule has 2 aromatic rings. The lowest BCUT2D eigenvalue weighted by Gasteiger charge is -2.38. The minimum Gasteiger partial charge on any atom is -0.203 e. The minimum absolute atomic E-state index is 0.449. The highest BCUT2D eigenvalue weighted by atomic mass is 19.2. The topological polar surface area (TPSA) is 0 Å². The number of aryl methyl sites for hydroxylation is 2. The normalized spacial score (nSPS) is 25.6. The molecule has 0 atom stereocenters. The molecule has 0 spiro atoms. The molecule has 0 N–H and O–H groups in total. The predicted octanol–water partition coefficient (Wildman–Crippen LogP) is 10.2. The SMILES string of the molecule is CCCCCc1ccc2cc(CCC3CCC(C4CCC(CCC)CC4)CC3)c(F)c(F)c2c1. The Bertz CT molecular complexity index is 901. The summed E-state index contributed by atoms with van der Waals surface area (Å²) in [5.41, 5.74) is 1.68. The van der Waals surface area contributed by atoms with E-state index >= 15 is 0 Å². The number of halogens is 2. The molecule has 0 nitrogen and oxygen atoms in total. The fraction of sp³-hybridized carbons (Fsp3) is 0.688. The molecule has 2 aromatic carbocycles. The van der Waals surface area contributed by atoms with Gasteiger partial charge in [-0.3, -0.25) is 0 Å². The van der Waals surface area contributed by atoms with E-state index < -0.39 is 11.6 Å². The first kappa shape index (κ1) is 25.6. The number of hydrogen-bond donors (Lipinski definition) is 0. The summed E-state index contributed by atoms with van der Waals surface area (Å²) in [6, 6.07) is 7.85. The van der Waals surface area contributed by atoms with Crippen molar-refractivity contribution in [3.63, 3.8) is 0 Å². The lowest BCUT2D eigenvalue weighted by molar-refractivity contribution is 0.141. The van der Waals surface area contributed by atoms with Crippen molar-refractivity contribution in [2.45, 2.75) is 117 Å². The van der Waals surface area contributed by atoms with Crippen molar-refractivity contribution in [3.05, 3.63) is 47.0 Å². The highest BCUT2D eigenvalue weighted by Gasteiger charge is 2.30. The Balaban J connectivity index is 1.29. The number of hydrogen-bond acceptors (Lipinski definition) is 0. The first-order chi connectivity index (χ1) is 16.6. The summed E-state index contributed by atoms with van der Waals surface area (Å²) in [4.78, 5) is 0. The first-order valence-electron chi connectivity index (χ1n) is 14.5. The zero-order valence-corrected chi connectivity index (χ0v) is 21.7. The number of unbranched alkanes of at least 4 members (excludes halogenated alkanes) is 2. The van der Waals surface area contributed by atoms with Gasteiger partial charge in [-0.2, -0.15) is 0 Å². The lowest BCUT2D eigenvalue weighted by Crippen LogP contribution is -2.26. The van der Waals surface area contributed by atoms with Crippen LogP contribution in [0.1, 0.15) is 115 Å². The number of rotatable bonds is 10. The van der Waals surface area contributed by atoms with Crippen LogP contribution in [0.15, 0.2) is 24.3 Å². The molecule has 2 aliphatic rings. The summed E-state index contributed by atoms with van der Waals surface area (Å²) in [5, 5.41) is 1.29. The summed E-state index contributed by atoms with van der Waals surface area (Å²) in [6.07, 6.45) is 19.8. The van der Waals surface area contributed by atoms with Gasteiger partial charge in [-0.05, 0) is 104 Å². The number of fused-ring (bicyclic) bond motifs is 1. The van der Waals surface area contributed by atoms with Gasteiger partial charge in [0.1, 0.15) is 0 Å². The summed E-state index contributed by atoms with van der Waals surface area (Å²) >= 11 is 0. The molecule has 2 fully saturated rings. The van der Waals surface area contributed by atoms with Crippen LogP contribution in [0.2, 0.25) is 0 Å². The van der Waals surface area contributed by atoms with E-state index in [0.717, 1.165) is 48.0 Å². The van der Waals surface area contributed by atoms with Crippen LogP contribution >= 0.6 is 0 Å². The lowest BCUT2D eigenvalue weighted by atomic mass is 9.68. The molecular formula is C32H46F2.